The lowest BCUT2D eigenvalue weighted by molar-refractivity contribution is -0.390. The second-order valence-electron chi connectivity index (χ2n) is 3.08. The van der Waals surface area contributed by atoms with E-state index < -0.39 is 30.3 Å². The number of aliphatic hydroxyl groups excluding tert-OH is 1. The third-order valence-corrected chi connectivity index (χ3v) is 2.10. The topological polar surface area (TPSA) is 122 Å². The first-order chi connectivity index (χ1) is 5.36. The van der Waals surface area contributed by atoms with E-state index in [-0.39, 0.29) is 0 Å². The van der Waals surface area contributed by atoms with Gasteiger partial charge in [0.15, 0.2) is 0 Å². The Morgan fingerprint density at radius 2 is 1.83 bits per heavy atom. The van der Waals surface area contributed by atoms with Gasteiger partial charge in [0, 0.05) is 0 Å². The number of aliphatic hydroxyl groups is 3. The van der Waals surface area contributed by atoms with Crippen LogP contribution in [-0.2, 0) is 4.74 Å². The molecule has 6 heteroatoms. The number of nitrogens with two attached hydrogens (primary N) is 2. The minimum absolute atomic E-state index is 0.644. The maximum absolute atomic E-state index is 9.30. The second kappa shape index (κ2) is 2.91. The van der Waals surface area contributed by atoms with Crippen molar-refractivity contribution in [2.75, 3.05) is 0 Å². The van der Waals surface area contributed by atoms with Gasteiger partial charge in [-0.1, -0.05) is 0 Å². The summed E-state index contributed by atoms with van der Waals surface area (Å²) in [6, 6.07) is -2.00. The predicted octanol–water partition coefficient (Wildman–Crippen LogP) is -2.94. The van der Waals surface area contributed by atoms with Crippen molar-refractivity contribution in [3.05, 3.63) is 0 Å². The Kier molecular flexibility index (Phi) is 2.39. The van der Waals surface area contributed by atoms with Gasteiger partial charge in [0.05, 0.1) is 18.2 Å². The summed E-state index contributed by atoms with van der Waals surface area (Å²) in [5.41, 5.74) is 10.7. The van der Waals surface area contributed by atoms with Crippen LogP contribution in [0.1, 0.15) is 6.92 Å². The molecule has 0 spiro atoms. The Labute approximate surface area is 69.7 Å². The van der Waals surface area contributed by atoms with Crippen LogP contribution in [0.3, 0.4) is 0 Å². The lowest BCUT2D eigenvalue weighted by Gasteiger charge is -2.42. The zero-order chi connectivity index (χ0) is 9.52. The minimum atomic E-state index is -2.49. The van der Waals surface area contributed by atoms with Gasteiger partial charge >= 0.3 is 0 Å². The molecule has 0 amide bonds. The first-order valence-corrected chi connectivity index (χ1v) is 3.68. The molecule has 1 fully saturated rings. The molecule has 72 valence electrons. The van der Waals surface area contributed by atoms with Gasteiger partial charge in [0.2, 0.25) is 0 Å². The largest absolute Gasteiger partial charge is 0.389 e. The molecule has 0 aromatic carbocycles. The van der Waals surface area contributed by atoms with Gasteiger partial charge in [-0.25, -0.2) is 0 Å². The third-order valence-electron chi connectivity index (χ3n) is 2.10. The Morgan fingerprint density at radius 3 is 2.33 bits per heavy atom. The quantitative estimate of drug-likeness (QED) is 0.253. The van der Waals surface area contributed by atoms with E-state index >= 15 is 0 Å². The molecule has 1 aliphatic rings. The van der Waals surface area contributed by atoms with E-state index in [1.54, 1.807) is 0 Å². The molecule has 0 unspecified atom stereocenters. The lowest BCUT2D eigenvalue weighted by Crippen LogP contribution is -2.69. The van der Waals surface area contributed by atoms with Crippen LogP contribution in [-0.4, -0.2) is 45.6 Å². The van der Waals surface area contributed by atoms with Crippen molar-refractivity contribution in [2.45, 2.75) is 37.2 Å². The molecule has 12 heavy (non-hydrogen) atoms. The molecular weight excluding hydrogens is 164 g/mol. The predicted molar refractivity (Wildman–Crippen MR) is 39.7 cm³/mol. The van der Waals surface area contributed by atoms with E-state index in [1.165, 1.54) is 6.92 Å². The van der Waals surface area contributed by atoms with Gasteiger partial charge in [-0.3, -0.25) is 0 Å². The van der Waals surface area contributed by atoms with Crippen LogP contribution in [0.4, 0.5) is 0 Å². The van der Waals surface area contributed by atoms with Crippen LogP contribution in [0.15, 0.2) is 0 Å². The summed E-state index contributed by atoms with van der Waals surface area (Å²) in [6.45, 7) is 1.53. The van der Waals surface area contributed by atoms with Crippen LogP contribution >= 0.6 is 0 Å². The van der Waals surface area contributed by atoms with Crippen LogP contribution in [0.5, 0.6) is 0 Å². The maximum Gasteiger partial charge on any atom is 0.297 e. The first-order valence-electron chi connectivity index (χ1n) is 3.68. The smallest absolute Gasteiger partial charge is 0.297 e. The summed E-state index contributed by atoms with van der Waals surface area (Å²) in [5, 5.41) is 27.5. The molecule has 0 aromatic heterocycles. The number of hydrogen-bond donors (Lipinski definition) is 5. The molecule has 1 heterocycles. The normalized spacial score (nSPS) is 47.5. The summed E-state index contributed by atoms with van der Waals surface area (Å²) in [5.74, 6) is -2.49. The van der Waals surface area contributed by atoms with Crippen molar-refractivity contribution < 1.29 is 20.1 Å². The fourth-order valence-electron chi connectivity index (χ4n) is 1.17. The zero-order valence-corrected chi connectivity index (χ0v) is 6.71. The standard InChI is InChI=1S/C6H14N2O4/c1-2-3(7)4(9)5(8)6(10,11)12-2/h2-5,9-11H,7-8H2,1H3/t2-,3-,4+,5-/m1/s1. The summed E-state index contributed by atoms with van der Waals surface area (Å²) < 4.78 is 4.67. The van der Waals surface area contributed by atoms with Crippen LogP contribution in [0.2, 0.25) is 0 Å². The average molecular weight is 178 g/mol. The Morgan fingerprint density at radius 1 is 1.33 bits per heavy atom. The van der Waals surface area contributed by atoms with Gasteiger partial charge in [-0.05, 0) is 6.92 Å². The van der Waals surface area contributed by atoms with Gasteiger partial charge in [0.1, 0.15) is 6.04 Å². The van der Waals surface area contributed by atoms with Crippen molar-refractivity contribution in [3.63, 3.8) is 0 Å². The molecule has 0 aromatic rings. The molecule has 6 nitrogen and oxygen atoms in total. The SMILES string of the molecule is C[C@H]1OC(O)(O)[C@H](N)[C@@H](O)[C@@H]1N. The average Bonchev–Trinajstić information content (AvgIpc) is 1.97. The summed E-state index contributed by atoms with van der Waals surface area (Å²) >= 11 is 0. The van der Waals surface area contributed by atoms with E-state index in [0.717, 1.165) is 0 Å². The Hall–Kier alpha value is -0.240. The van der Waals surface area contributed by atoms with Crippen molar-refractivity contribution >= 4 is 0 Å². The molecule has 0 bridgehead atoms. The summed E-state index contributed by atoms with van der Waals surface area (Å²) in [4.78, 5) is 0. The first kappa shape index (κ1) is 9.85. The highest BCUT2D eigenvalue weighted by Crippen LogP contribution is 2.22. The van der Waals surface area contributed by atoms with Crippen LogP contribution < -0.4 is 11.5 Å². The van der Waals surface area contributed by atoms with Gasteiger partial charge < -0.3 is 31.5 Å². The highest BCUT2D eigenvalue weighted by molar-refractivity contribution is 4.94. The number of hydrogen-bond acceptors (Lipinski definition) is 6. The number of ether oxygens (including phenoxy) is 1. The molecule has 1 rings (SSSR count). The Balaban J connectivity index is 2.78. The lowest BCUT2D eigenvalue weighted by atomic mass is 9.95. The molecule has 4 atom stereocenters. The van der Waals surface area contributed by atoms with Gasteiger partial charge in [-0.2, -0.15) is 0 Å². The van der Waals surface area contributed by atoms with E-state index in [9.17, 15) is 5.11 Å². The highest BCUT2D eigenvalue weighted by atomic mass is 16.8. The fourth-order valence-corrected chi connectivity index (χ4v) is 1.17. The van der Waals surface area contributed by atoms with Crippen molar-refractivity contribution in [3.8, 4) is 0 Å². The second-order valence-corrected chi connectivity index (χ2v) is 3.08. The molecule has 7 N–H and O–H groups in total. The molecule has 0 aliphatic carbocycles. The van der Waals surface area contributed by atoms with E-state index in [1.807, 2.05) is 0 Å². The van der Waals surface area contributed by atoms with Crippen LogP contribution in [0.25, 0.3) is 0 Å². The number of rotatable bonds is 0. The molecule has 1 aliphatic heterocycles. The summed E-state index contributed by atoms with van der Waals surface area (Å²) in [6.07, 6.45) is -1.82. The van der Waals surface area contributed by atoms with Gasteiger partial charge in [0.25, 0.3) is 5.97 Å². The zero-order valence-electron chi connectivity index (χ0n) is 6.71. The van der Waals surface area contributed by atoms with E-state index in [0.29, 0.717) is 0 Å². The Bertz CT molecular complexity index is 175. The van der Waals surface area contributed by atoms with Crippen molar-refractivity contribution in [2.24, 2.45) is 11.5 Å². The molecule has 1 saturated heterocycles. The molecular formula is C6H14N2O4. The van der Waals surface area contributed by atoms with Crippen LogP contribution in [0, 0.1) is 0 Å². The van der Waals surface area contributed by atoms with E-state index in [2.05, 4.69) is 4.74 Å². The fraction of sp³-hybridized carbons (Fsp3) is 1.00. The highest BCUT2D eigenvalue weighted by Gasteiger charge is 2.48. The monoisotopic (exact) mass is 178 g/mol. The minimum Gasteiger partial charge on any atom is -0.389 e. The third kappa shape index (κ3) is 1.45. The maximum atomic E-state index is 9.30. The van der Waals surface area contributed by atoms with Gasteiger partial charge in [-0.15, -0.1) is 0 Å². The molecule has 0 radical (unpaired) electrons. The van der Waals surface area contributed by atoms with Crippen molar-refractivity contribution in [1.29, 1.82) is 0 Å². The van der Waals surface area contributed by atoms with Crippen molar-refractivity contribution in [1.82, 2.24) is 0 Å². The van der Waals surface area contributed by atoms with E-state index in [4.69, 9.17) is 21.7 Å². The molecule has 0 saturated carbocycles. The summed E-state index contributed by atoms with van der Waals surface area (Å²) in [7, 11) is 0.